The van der Waals surface area contributed by atoms with E-state index >= 15 is 0 Å². The number of likely N-dealkylation sites (N-methyl/N-ethyl adjacent to an activating group) is 1. The molecule has 2 aromatic rings. The van der Waals surface area contributed by atoms with Crippen molar-refractivity contribution in [3.05, 3.63) is 69.8 Å². The molecule has 7 N–H and O–H groups in total. The number of rotatable bonds is 16. The summed E-state index contributed by atoms with van der Waals surface area (Å²) in [4.78, 5) is 78.2. The number of likely N-dealkylation sites (tertiary alicyclic amines) is 1. The fraction of sp³-hybridized carbons (Fsp3) is 0.452. The van der Waals surface area contributed by atoms with Crippen molar-refractivity contribution >= 4 is 71.8 Å². The van der Waals surface area contributed by atoms with Crippen molar-refractivity contribution in [1.82, 2.24) is 20.4 Å². The number of phenols is 1. The number of carbonyl (C=O) groups is 5. The first kappa shape index (κ1) is 42.9. The smallest absolute Gasteiger partial charge is 0.269 e. The Labute approximate surface area is 300 Å². The van der Waals surface area contributed by atoms with Gasteiger partial charge in [0.1, 0.15) is 23.9 Å². The molecule has 0 spiro atoms. The minimum atomic E-state index is -1.16. The second-order valence-corrected chi connectivity index (χ2v) is 12.3. The van der Waals surface area contributed by atoms with Crippen molar-refractivity contribution in [2.24, 2.45) is 11.5 Å². The average molecular weight is 745 g/mol. The van der Waals surface area contributed by atoms with Crippen LogP contribution < -0.4 is 22.1 Å². The van der Waals surface area contributed by atoms with Gasteiger partial charge in [-0.1, -0.05) is 24.3 Å². The van der Waals surface area contributed by atoms with E-state index in [1.54, 1.807) is 12.1 Å². The largest absolute Gasteiger partial charge is 0.508 e. The van der Waals surface area contributed by atoms with Gasteiger partial charge in [-0.3, -0.25) is 34.1 Å². The molecule has 2 aromatic carbocycles. The highest BCUT2D eigenvalue weighted by Crippen LogP contribution is 2.20. The first-order valence-corrected chi connectivity index (χ1v) is 16.4. The SMILES string of the molecule is CSCC[C@@H](C(=O)NCC(=O)N[C@@H](Cc1ccc([N+](=O)[O-])cc1)C(=O)N1CCC[C@H]1C(N)=O)N(C)C(=O)[C@@H](N)Cc1ccc(O)cc1.Cl.Cl. The summed E-state index contributed by atoms with van der Waals surface area (Å²) in [5.41, 5.74) is 12.8. The van der Waals surface area contributed by atoms with E-state index in [-0.39, 0.29) is 62.1 Å². The fourth-order valence-corrected chi connectivity index (χ4v) is 5.82. The quantitative estimate of drug-likeness (QED) is 0.121. The first-order chi connectivity index (χ1) is 22.3. The lowest BCUT2D eigenvalue weighted by Crippen LogP contribution is -2.56. The van der Waals surface area contributed by atoms with Crippen LogP contribution in [0.4, 0.5) is 5.69 Å². The number of amides is 5. The number of phenolic OH excluding ortho intramolecular Hbond substituents is 1. The van der Waals surface area contributed by atoms with Gasteiger partial charge in [-0.15, -0.1) is 24.8 Å². The fourth-order valence-electron chi connectivity index (χ4n) is 5.37. The molecule has 0 aliphatic carbocycles. The van der Waals surface area contributed by atoms with Crippen molar-refractivity contribution in [2.45, 2.75) is 56.3 Å². The molecule has 270 valence electrons. The zero-order valence-corrected chi connectivity index (χ0v) is 29.6. The molecule has 3 rings (SSSR count). The number of nitrogens with zero attached hydrogens (tertiary/aromatic N) is 3. The average Bonchev–Trinajstić information content (AvgIpc) is 3.55. The van der Waals surface area contributed by atoms with Gasteiger partial charge in [0.2, 0.25) is 29.5 Å². The van der Waals surface area contributed by atoms with Crippen molar-refractivity contribution < 1.29 is 34.0 Å². The van der Waals surface area contributed by atoms with Crippen LogP contribution in [-0.4, -0.2) is 106 Å². The standard InChI is InChI=1S/C31H41N7O8S.2ClH/c1-36(30(43)23(32)16-19-7-11-22(39)12-8-19)26(13-15-47-2)29(42)34-18-27(40)35-24(17-20-5-9-21(10-6-20)38(45)46)31(44)37-14-3-4-25(37)28(33)41;;/h5-12,23-26,39H,3-4,13-18,32H2,1-2H3,(H2,33,41)(H,34,42)(H,35,40);2*1H/t23-,24-,25-,26-;;/m0../s1. The van der Waals surface area contributed by atoms with Crippen LogP contribution in [0.2, 0.25) is 0 Å². The Morgan fingerprint density at radius 2 is 1.65 bits per heavy atom. The molecule has 0 bridgehead atoms. The maximum atomic E-state index is 13.6. The summed E-state index contributed by atoms with van der Waals surface area (Å²) in [5.74, 6) is -2.36. The maximum absolute atomic E-state index is 13.6. The van der Waals surface area contributed by atoms with Crippen LogP contribution in [-0.2, 0) is 36.8 Å². The van der Waals surface area contributed by atoms with E-state index in [9.17, 15) is 39.2 Å². The number of hydrogen-bond acceptors (Lipinski definition) is 10. The monoisotopic (exact) mass is 743 g/mol. The number of primary amides is 1. The number of nitrogens with two attached hydrogens (primary N) is 2. The predicted molar refractivity (Wildman–Crippen MR) is 190 cm³/mol. The van der Waals surface area contributed by atoms with Gasteiger partial charge in [-0.2, -0.15) is 11.8 Å². The molecule has 15 nitrogen and oxygen atoms in total. The molecule has 1 saturated heterocycles. The maximum Gasteiger partial charge on any atom is 0.269 e. The molecule has 1 fully saturated rings. The summed E-state index contributed by atoms with van der Waals surface area (Å²) in [7, 11) is 1.47. The van der Waals surface area contributed by atoms with E-state index < -0.39 is 65.2 Å². The Kier molecular flexibility index (Phi) is 17.9. The number of halogens is 2. The summed E-state index contributed by atoms with van der Waals surface area (Å²) < 4.78 is 0. The van der Waals surface area contributed by atoms with Crippen molar-refractivity contribution in [1.29, 1.82) is 0 Å². The highest BCUT2D eigenvalue weighted by molar-refractivity contribution is 7.98. The normalized spacial score (nSPS) is 15.4. The highest BCUT2D eigenvalue weighted by atomic mass is 35.5. The van der Waals surface area contributed by atoms with Gasteiger partial charge in [0, 0.05) is 32.1 Å². The van der Waals surface area contributed by atoms with Gasteiger partial charge >= 0.3 is 0 Å². The lowest BCUT2D eigenvalue weighted by Gasteiger charge is -2.30. The number of aromatic hydroxyl groups is 1. The number of carbonyl (C=O) groups excluding carboxylic acids is 5. The number of hydrogen-bond donors (Lipinski definition) is 5. The molecular formula is C31H43Cl2N7O8S. The number of thioether (sulfide) groups is 1. The molecule has 4 atom stereocenters. The third kappa shape index (κ3) is 12.4. The van der Waals surface area contributed by atoms with Crippen molar-refractivity contribution in [3.63, 3.8) is 0 Å². The van der Waals surface area contributed by atoms with Crippen LogP contribution in [0.3, 0.4) is 0 Å². The third-order valence-electron chi connectivity index (χ3n) is 7.93. The third-order valence-corrected chi connectivity index (χ3v) is 8.57. The second-order valence-electron chi connectivity index (χ2n) is 11.3. The number of nitro groups is 1. The molecule has 0 unspecified atom stereocenters. The minimum absolute atomic E-state index is 0. The van der Waals surface area contributed by atoms with Gasteiger partial charge in [0.15, 0.2) is 0 Å². The zero-order chi connectivity index (χ0) is 34.7. The van der Waals surface area contributed by atoms with Crippen LogP contribution in [0.1, 0.15) is 30.4 Å². The Morgan fingerprint density at radius 1 is 1.06 bits per heavy atom. The molecule has 0 radical (unpaired) electrons. The molecule has 5 amide bonds. The van der Waals surface area contributed by atoms with Gasteiger partial charge in [-0.05, 0) is 61.0 Å². The van der Waals surface area contributed by atoms with Crippen LogP contribution in [0, 0.1) is 10.1 Å². The lowest BCUT2D eigenvalue weighted by molar-refractivity contribution is -0.384. The summed E-state index contributed by atoms with van der Waals surface area (Å²) in [6.45, 7) is -0.248. The van der Waals surface area contributed by atoms with E-state index in [0.29, 0.717) is 24.2 Å². The Balaban J connectivity index is 0.00000600. The van der Waals surface area contributed by atoms with Crippen LogP contribution in [0.15, 0.2) is 48.5 Å². The molecule has 1 aliphatic heterocycles. The van der Waals surface area contributed by atoms with Gasteiger partial charge in [-0.25, -0.2) is 0 Å². The van der Waals surface area contributed by atoms with E-state index in [4.69, 9.17) is 11.5 Å². The molecule has 0 saturated carbocycles. The Hall–Kier alpha value is -4.12. The van der Waals surface area contributed by atoms with Gasteiger partial charge in [0.25, 0.3) is 5.69 Å². The summed E-state index contributed by atoms with van der Waals surface area (Å²) in [6.07, 6.45) is 3.22. The summed E-state index contributed by atoms with van der Waals surface area (Å²) in [6, 6.07) is 7.89. The minimum Gasteiger partial charge on any atom is -0.508 e. The molecule has 1 heterocycles. The van der Waals surface area contributed by atoms with Crippen LogP contribution >= 0.6 is 36.6 Å². The summed E-state index contributed by atoms with van der Waals surface area (Å²) >= 11 is 1.48. The number of nitro benzene ring substituents is 1. The van der Waals surface area contributed by atoms with E-state index in [0.717, 1.165) is 5.56 Å². The first-order valence-electron chi connectivity index (χ1n) is 15.0. The van der Waals surface area contributed by atoms with Gasteiger partial charge in [0.05, 0.1) is 17.5 Å². The molecule has 0 aromatic heterocycles. The topological polar surface area (TPSA) is 231 Å². The second kappa shape index (κ2) is 20.4. The Morgan fingerprint density at radius 3 is 2.22 bits per heavy atom. The predicted octanol–water partition coefficient (Wildman–Crippen LogP) is 0.914. The lowest BCUT2D eigenvalue weighted by atomic mass is 10.0. The van der Waals surface area contributed by atoms with Crippen LogP contribution in [0.25, 0.3) is 0 Å². The summed E-state index contributed by atoms with van der Waals surface area (Å²) in [5, 5.41) is 25.7. The number of non-ortho nitro benzene ring substituents is 1. The molecule has 49 heavy (non-hydrogen) atoms. The zero-order valence-electron chi connectivity index (χ0n) is 27.1. The van der Waals surface area contributed by atoms with E-state index in [1.807, 2.05) is 6.26 Å². The molecule has 1 aliphatic rings. The van der Waals surface area contributed by atoms with Crippen LogP contribution in [0.5, 0.6) is 5.75 Å². The van der Waals surface area contributed by atoms with Gasteiger partial charge < -0.3 is 37.0 Å². The van der Waals surface area contributed by atoms with Crippen molar-refractivity contribution in [2.75, 3.05) is 32.1 Å². The molecular weight excluding hydrogens is 701 g/mol. The van der Waals surface area contributed by atoms with E-state index in [2.05, 4.69) is 10.6 Å². The Bertz CT molecular complexity index is 1450. The van der Waals surface area contributed by atoms with Crippen molar-refractivity contribution in [3.8, 4) is 5.75 Å². The highest BCUT2D eigenvalue weighted by Gasteiger charge is 2.37. The number of benzene rings is 2. The van der Waals surface area contributed by atoms with E-state index in [1.165, 1.54) is 65.0 Å². The number of nitrogens with one attached hydrogen (secondary N) is 2. The molecule has 18 heteroatoms.